The summed E-state index contributed by atoms with van der Waals surface area (Å²) in [6.45, 7) is 0. The summed E-state index contributed by atoms with van der Waals surface area (Å²) in [5, 5.41) is 3.96. The predicted octanol–water partition coefficient (Wildman–Crippen LogP) is 1.67. The van der Waals surface area contributed by atoms with Crippen molar-refractivity contribution in [3.63, 3.8) is 0 Å². The van der Waals surface area contributed by atoms with Crippen molar-refractivity contribution in [1.82, 2.24) is 10.3 Å². The van der Waals surface area contributed by atoms with E-state index in [4.69, 9.17) is 4.74 Å². The van der Waals surface area contributed by atoms with Gasteiger partial charge >= 0.3 is 5.97 Å². The fourth-order valence-electron chi connectivity index (χ4n) is 1.88. The number of ether oxygens (including phenoxy) is 1. The van der Waals surface area contributed by atoms with Crippen LogP contribution in [-0.4, -0.2) is 25.1 Å². The molecule has 1 aromatic heterocycles. The molecule has 0 amide bonds. The Morgan fingerprint density at radius 3 is 2.82 bits per heavy atom. The molecule has 2 rings (SSSR count). The van der Waals surface area contributed by atoms with Crippen LogP contribution >= 0.6 is 0 Å². The van der Waals surface area contributed by atoms with Crippen molar-refractivity contribution in [2.24, 2.45) is 0 Å². The van der Waals surface area contributed by atoms with Crippen LogP contribution in [0.1, 0.15) is 11.6 Å². The minimum Gasteiger partial charge on any atom is -0.468 e. The molecular formula is C13H14N2O2. The quantitative estimate of drug-likeness (QED) is 0.815. The Bertz CT molecular complexity index is 534. The standard InChI is InChI=1S/C13H14N2O2/c1-14-12(13(16)17-2)10-7-3-5-9-6-4-8-15-11(9)10/h3-8,12,14H,1-2H3. The number of methoxy groups -OCH3 is 1. The molecule has 0 saturated heterocycles. The number of hydrogen-bond donors (Lipinski definition) is 1. The molecule has 88 valence electrons. The number of rotatable bonds is 3. The van der Waals surface area contributed by atoms with Crippen LogP contribution in [0.25, 0.3) is 10.9 Å². The summed E-state index contributed by atoms with van der Waals surface area (Å²) < 4.78 is 4.78. The lowest BCUT2D eigenvalue weighted by Crippen LogP contribution is -2.26. The normalized spacial score (nSPS) is 12.4. The average molecular weight is 230 g/mol. The molecule has 4 heteroatoms. The highest BCUT2D eigenvalue weighted by molar-refractivity contribution is 5.88. The Morgan fingerprint density at radius 1 is 1.35 bits per heavy atom. The van der Waals surface area contributed by atoms with Gasteiger partial charge in [-0.05, 0) is 13.1 Å². The van der Waals surface area contributed by atoms with Crippen LogP contribution in [0.15, 0.2) is 36.5 Å². The number of pyridine rings is 1. The smallest absolute Gasteiger partial charge is 0.327 e. The van der Waals surface area contributed by atoms with Gasteiger partial charge in [0, 0.05) is 17.1 Å². The first kappa shape index (κ1) is 11.5. The number of hydrogen-bond acceptors (Lipinski definition) is 4. The Hall–Kier alpha value is -1.94. The predicted molar refractivity (Wildman–Crippen MR) is 65.6 cm³/mol. The van der Waals surface area contributed by atoms with Crippen molar-refractivity contribution < 1.29 is 9.53 Å². The SMILES string of the molecule is CNC(C(=O)OC)c1cccc2cccnc12. The molecule has 0 spiro atoms. The van der Waals surface area contributed by atoms with Gasteiger partial charge in [0.15, 0.2) is 0 Å². The molecule has 1 N–H and O–H groups in total. The van der Waals surface area contributed by atoms with Gasteiger partial charge < -0.3 is 10.1 Å². The summed E-state index contributed by atoms with van der Waals surface area (Å²) in [6.07, 6.45) is 1.72. The first-order valence-electron chi connectivity index (χ1n) is 5.36. The number of benzene rings is 1. The van der Waals surface area contributed by atoms with E-state index in [0.29, 0.717) is 0 Å². The van der Waals surface area contributed by atoms with Gasteiger partial charge in [-0.1, -0.05) is 24.3 Å². The second-order valence-electron chi connectivity index (χ2n) is 3.67. The van der Waals surface area contributed by atoms with Crippen molar-refractivity contribution in [3.8, 4) is 0 Å². The average Bonchev–Trinajstić information content (AvgIpc) is 2.39. The lowest BCUT2D eigenvalue weighted by atomic mass is 10.0. The van der Waals surface area contributed by atoms with Gasteiger partial charge in [-0.3, -0.25) is 4.98 Å². The Morgan fingerprint density at radius 2 is 2.12 bits per heavy atom. The third-order valence-corrected chi connectivity index (χ3v) is 2.70. The summed E-state index contributed by atoms with van der Waals surface area (Å²) >= 11 is 0. The molecule has 2 aromatic rings. The third kappa shape index (κ3) is 2.12. The van der Waals surface area contributed by atoms with E-state index in [2.05, 4.69) is 10.3 Å². The van der Waals surface area contributed by atoms with Crippen LogP contribution < -0.4 is 5.32 Å². The molecule has 17 heavy (non-hydrogen) atoms. The summed E-state index contributed by atoms with van der Waals surface area (Å²) in [4.78, 5) is 16.0. The number of nitrogens with one attached hydrogen (secondary N) is 1. The third-order valence-electron chi connectivity index (χ3n) is 2.70. The van der Waals surface area contributed by atoms with Gasteiger partial charge in [0.2, 0.25) is 0 Å². The number of nitrogens with zero attached hydrogens (tertiary/aromatic N) is 1. The van der Waals surface area contributed by atoms with Crippen LogP contribution in [0.3, 0.4) is 0 Å². The molecule has 0 fully saturated rings. The van der Waals surface area contributed by atoms with E-state index in [1.54, 1.807) is 13.2 Å². The van der Waals surface area contributed by atoms with Gasteiger partial charge in [-0.25, -0.2) is 4.79 Å². The van der Waals surface area contributed by atoms with Crippen LogP contribution in [0.4, 0.5) is 0 Å². The molecule has 0 aliphatic rings. The zero-order chi connectivity index (χ0) is 12.3. The summed E-state index contributed by atoms with van der Waals surface area (Å²) in [6, 6.07) is 9.11. The van der Waals surface area contributed by atoms with Gasteiger partial charge in [-0.15, -0.1) is 0 Å². The first-order valence-corrected chi connectivity index (χ1v) is 5.36. The van der Waals surface area contributed by atoms with Gasteiger partial charge in [0.05, 0.1) is 12.6 Å². The minimum absolute atomic E-state index is 0.314. The molecular weight excluding hydrogens is 216 g/mol. The highest BCUT2D eigenvalue weighted by atomic mass is 16.5. The highest BCUT2D eigenvalue weighted by Gasteiger charge is 2.21. The van der Waals surface area contributed by atoms with E-state index >= 15 is 0 Å². The Labute approximate surface area is 99.6 Å². The summed E-state index contributed by atoms with van der Waals surface area (Å²) in [5.41, 5.74) is 1.65. The van der Waals surface area contributed by atoms with E-state index in [1.807, 2.05) is 30.3 Å². The van der Waals surface area contributed by atoms with Crippen molar-refractivity contribution in [2.45, 2.75) is 6.04 Å². The largest absolute Gasteiger partial charge is 0.468 e. The van der Waals surface area contributed by atoms with Crippen molar-refractivity contribution in [1.29, 1.82) is 0 Å². The number of carbonyl (C=O) groups is 1. The number of fused-ring (bicyclic) bond motifs is 1. The first-order chi connectivity index (χ1) is 8.27. The van der Waals surface area contributed by atoms with E-state index in [0.717, 1.165) is 16.5 Å². The summed E-state index contributed by atoms with van der Waals surface area (Å²) in [7, 11) is 3.11. The number of para-hydroxylation sites is 1. The zero-order valence-corrected chi connectivity index (χ0v) is 9.81. The minimum atomic E-state index is -0.487. The molecule has 0 saturated carbocycles. The summed E-state index contributed by atoms with van der Waals surface area (Å²) in [5.74, 6) is -0.314. The lowest BCUT2D eigenvalue weighted by Gasteiger charge is -2.15. The van der Waals surface area contributed by atoms with Gasteiger partial charge in [0.1, 0.15) is 6.04 Å². The van der Waals surface area contributed by atoms with Crippen LogP contribution in [0, 0.1) is 0 Å². The molecule has 1 aromatic carbocycles. The maximum absolute atomic E-state index is 11.7. The van der Waals surface area contributed by atoms with E-state index in [1.165, 1.54) is 7.11 Å². The fraction of sp³-hybridized carbons (Fsp3) is 0.231. The number of likely N-dealkylation sites (N-methyl/N-ethyl adjacent to an activating group) is 1. The molecule has 1 atom stereocenters. The van der Waals surface area contributed by atoms with Gasteiger partial charge in [0.25, 0.3) is 0 Å². The fourth-order valence-corrected chi connectivity index (χ4v) is 1.88. The lowest BCUT2D eigenvalue weighted by molar-refractivity contribution is -0.143. The van der Waals surface area contributed by atoms with Crippen molar-refractivity contribution in [3.05, 3.63) is 42.1 Å². The van der Waals surface area contributed by atoms with Crippen molar-refractivity contribution in [2.75, 3.05) is 14.2 Å². The van der Waals surface area contributed by atoms with E-state index in [9.17, 15) is 4.79 Å². The number of aromatic nitrogens is 1. The van der Waals surface area contributed by atoms with Crippen LogP contribution in [0.5, 0.6) is 0 Å². The maximum Gasteiger partial charge on any atom is 0.327 e. The second-order valence-corrected chi connectivity index (χ2v) is 3.67. The van der Waals surface area contributed by atoms with Gasteiger partial charge in [-0.2, -0.15) is 0 Å². The van der Waals surface area contributed by atoms with E-state index < -0.39 is 6.04 Å². The Balaban J connectivity index is 2.57. The monoisotopic (exact) mass is 230 g/mol. The molecule has 0 radical (unpaired) electrons. The number of esters is 1. The second kappa shape index (κ2) is 4.93. The molecule has 0 aliphatic carbocycles. The van der Waals surface area contributed by atoms with Crippen LogP contribution in [0.2, 0.25) is 0 Å². The molecule has 1 unspecified atom stereocenters. The van der Waals surface area contributed by atoms with Crippen molar-refractivity contribution >= 4 is 16.9 Å². The zero-order valence-electron chi connectivity index (χ0n) is 9.81. The number of carbonyl (C=O) groups excluding carboxylic acids is 1. The Kier molecular flexibility index (Phi) is 3.35. The molecule has 1 heterocycles. The molecule has 4 nitrogen and oxygen atoms in total. The van der Waals surface area contributed by atoms with Crippen LogP contribution in [-0.2, 0) is 9.53 Å². The highest BCUT2D eigenvalue weighted by Crippen LogP contribution is 2.22. The molecule has 0 bridgehead atoms. The molecule has 0 aliphatic heterocycles. The van der Waals surface area contributed by atoms with E-state index in [-0.39, 0.29) is 5.97 Å². The topological polar surface area (TPSA) is 51.2 Å². The maximum atomic E-state index is 11.7.